The molecule has 0 saturated heterocycles. The zero-order valence-electron chi connectivity index (χ0n) is 27.1. The molecule has 6 aromatic rings. The van der Waals surface area contributed by atoms with Gasteiger partial charge in [0.25, 0.3) is 0 Å². The summed E-state index contributed by atoms with van der Waals surface area (Å²) in [5.74, 6) is -29.1. The highest BCUT2D eigenvalue weighted by molar-refractivity contribution is 5.84. The van der Waals surface area contributed by atoms with Crippen molar-refractivity contribution in [2.24, 2.45) is 0 Å². The number of nitrogens with zero attached hydrogens (tertiary/aromatic N) is 2. The normalized spacial score (nSPS) is 11.3. The molecule has 0 atom stereocenters. The number of rotatable bonds is 7. The first kappa shape index (κ1) is 37.7. The predicted octanol–water partition coefficient (Wildman–Crippen LogP) is 12.9. The Kier molecular flexibility index (Phi) is 9.81. The third kappa shape index (κ3) is 6.24. The Morgan fingerprint density at radius 2 is 0.611 bits per heavy atom. The molecule has 0 radical (unpaired) electrons. The highest BCUT2D eigenvalue weighted by Gasteiger charge is 2.33. The van der Waals surface area contributed by atoms with Gasteiger partial charge < -0.3 is 9.80 Å². The summed E-state index contributed by atoms with van der Waals surface area (Å²) in [4.78, 5) is 0.964. The molecule has 0 N–H and O–H groups in total. The van der Waals surface area contributed by atoms with E-state index in [2.05, 4.69) is 0 Å². The van der Waals surface area contributed by atoms with E-state index in [1.807, 2.05) is 0 Å². The van der Waals surface area contributed by atoms with Gasteiger partial charge in [0.15, 0.2) is 69.8 Å². The van der Waals surface area contributed by atoms with Gasteiger partial charge in [0, 0.05) is 34.9 Å². The highest BCUT2D eigenvalue weighted by Crippen LogP contribution is 2.45. The number of hydrogen-bond donors (Lipinski definition) is 0. The van der Waals surface area contributed by atoms with E-state index in [-0.39, 0.29) is 33.6 Å². The molecule has 278 valence electrons. The van der Waals surface area contributed by atoms with Crippen molar-refractivity contribution in [3.8, 4) is 11.1 Å². The molecule has 0 fully saturated rings. The second-order valence-corrected chi connectivity index (χ2v) is 11.7. The molecule has 54 heavy (non-hydrogen) atoms. The Morgan fingerprint density at radius 3 is 0.889 bits per heavy atom. The van der Waals surface area contributed by atoms with E-state index < -0.39 is 104 Å². The van der Waals surface area contributed by atoms with Crippen molar-refractivity contribution in [3.63, 3.8) is 0 Å². The van der Waals surface area contributed by atoms with E-state index in [9.17, 15) is 43.9 Å². The third-order valence-electron chi connectivity index (χ3n) is 8.35. The lowest BCUT2D eigenvalue weighted by Gasteiger charge is -2.29. The summed E-state index contributed by atoms with van der Waals surface area (Å²) in [7, 11) is 0. The van der Waals surface area contributed by atoms with Crippen molar-refractivity contribution < 1.29 is 61.5 Å². The lowest BCUT2D eigenvalue weighted by molar-refractivity contribution is 0.380. The van der Waals surface area contributed by atoms with Crippen molar-refractivity contribution in [1.82, 2.24) is 0 Å². The van der Waals surface area contributed by atoms with Gasteiger partial charge in [0.1, 0.15) is 11.4 Å². The van der Waals surface area contributed by atoms with Crippen LogP contribution in [0.25, 0.3) is 11.1 Å². The van der Waals surface area contributed by atoms with Crippen LogP contribution in [0, 0.1) is 95.3 Å². The van der Waals surface area contributed by atoms with Crippen molar-refractivity contribution >= 4 is 34.1 Å². The van der Waals surface area contributed by atoms with E-state index >= 15 is 17.6 Å². The summed E-state index contributed by atoms with van der Waals surface area (Å²) in [6, 6.07) is 11.3. The van der Waals surface area contributed by atoms with Crippen LogP contribution in [0.4, 0.5) is 95.6 Å². The number of benzene rings is 6. The molecule has 0 bridgehead atoms. The van der Waals surface area contributed by atoms with Gasteiger partial charge in [0.05, 0.1) is 0 Å². The Hall–Kier alpha value is -6.06. The molecule has 0 saturated carbocycles. The van der Waals surface area contributed by atoms with Crippen LogP contribution in [0.3, 0.4) is 0 Å². The number of anilines is 6. The second-order valence-electron chi connectivity index (χ2n) is 11.7. The van der Waals surface area contributed by atoms with Crippen LogP contribution in [-0.4, -0.2) is 0 Å². The van der Waals surface area contributed by atoms with E-state index in [1.54, 1.807) is 0 Å². The lowest BCUT2D eigenvalue weighted by Crippen LogP contribution is -2.18. The summed E-state index contributed by atoms with van der Waals surface area (Å²) in [6.07, 6.45) is 0. The Balaban J connectivity index is 1.50. The van der Waals surface area contributed by atoms with E-state index in [4.69, 9.17) is 0 Å². The fraction of sp³-hybridized carbons (Fsp3) is 0.0526. The third-order valence-corrected chi connectivity index (χ3v) is 8.35. The summed E-state index contributed by atoms with van der Waals surface area (Å²) in [5.41, 5.74) is -3.99. The van der Waals surface area contributed by atoms with Crippen LogP contribution in [0.15, 0.2) is 72.8 Å². The first-order valence-corrected chi connectivity index (χ1v) is 15.2. The molecule has 0 aromatic heterocycles. The first-order valence-electron chi connectivity index (χ1n) is 15.2. The maximum Gasteiger partial charge on any atom is 0.200 e. The molecular weight excluding hydrogens is 750 g/mol. The van der Waals surface area contributed by atoms with Crippen LogP contribution in [0.2, 0.25) is 0 Å². The topological polar surface area (TPSA) is 6.48 Å². The van der Waals surface area contributed by atoms with Crippen LogP contribution >= 0.6 is 0 Å². The maximum atomic E-state index is 15.1. The standard InChI is InChI=1S/C38H18F14N2/c1-15-11-17(3-9-25(15)53(19-5-7-21(39)23(41)13-19)37-33(49)29(45)27(43)30(46)34(37)50)18-4-10-26(16(2)12-18)54(20-6-8-22(40)24(42)14-20)38-35(51)31(47)28(44)32(48)36(38)52/h3-14H,1-2H3. The van der Waals surface area contributed by atoms with Crippen LogP contribution in [-0.2, 0) is 0 Å². The smallest absolute Gasteiger partial charge is 0.200 e. The van der Waals surface area contributed by atoms with E-state index in [0.29, 0.717) is 34.1 Å². The monoisotopic (exact) mass is 768 g/mol. The minimum Gasteiger partial charge on any atom is -0.305 e. The molecule has 16 heteroatoms. The molecule has 0 heterocycles. The molecule has 0 aliphatic carbocycles. The molecule has 0 unspecified atom stereocenters. The maximum absolute atomic E-state index is 15.1. The lowest BCUT2D eigenvalue weighted by atomic mass is 9.98. The van der Waals surface area contributed by atoms with Crippen LogP contribution in [0.5, 0.6) is 0 Å². The Bertz CT molecular complexity index is 2270. The quantitative estimate of drug-likeness (QED) is 0.0907. The number of aryl methyl sites for hydroxylation is 2. The fourth-order valence-electron chi connectivity index (χ4n) is 5.78. The van der Waals surface area contributed by atoms with Crippen molar-refractivity contribution in [2.75, 3.05) is 9.80 Å². The first-order chi connectivity index (χ1) is 25.4. The highest BCUT2D eigenvalue weighted by atomic mass is 19.2. The SMILES string of the molecule is Cc1cc(-c2ccc(N(c3ccc(F)c(F)c3)c3c(F)c(F)c(F)c(F)c3F)c(C)c2)ccc1N(c1ccc(F)c(F)c1)c1c(F)c(F)c(F)c(F)c1F. The number of hydrogen-bond acceptors (Lipinski definition) is 2. The Labute approximate surface area is 295 Å². The minimum atomic E-state index is -2.46. The van der Waals surface area contributed by atoms with Gasteiger partial charge in [-0.2, -0.15) is 0 Å². The molecule has 0 amide bonds. The van der Waals surface area contributed by atoms with Gasteiger partial charge >= 0.3 is 0 Å². The van der Waals surface area contributed by atoms with E-state index in [0.717, 1.165) is 24.3 Å². The zero-order chi connectivity index (χ0) is 39.5. The molecule has 6 aromatic carbocycles. The molecule has 0 spiro atoms. The zero-order valence-corrected chi connectivity index (χ0v) is 27.1. The molecule has 6 rings (SSSR count). The molecule has 0 aliphatic heterocycles. The largest absolute Gasteiger partial charge is 0.305 e. The predicted molar refractivity (Wildman–Crippen MR) is 170 cm³/mol. The molecular formula is C38H18F14N2. The summed E-state index contributed by atoms with van der Waals surface area (Å²) >= 11 is 0. The summed E-state index contributed by atoms with van der Waals surface area (Å²) in [6.45, 7) is 2.68. The van der Waals surface area contributed by atoms with Gasteiger partial charge in [-0.25, -0.2) is 61.5 Å². The molecule has 0 aliphatic rings. The van der Waals surface area contributed by atoms with Crippen molar-refractivity contribution in [2.45, 2.75) is 13.8 Å². The average Bonchev–Trinajstić information content (AvgIpc) is 3.14. The van der Waals surface area contributed by atoms with Crippen molar-refractivity contribution in [3.05, 3.63) is 165 Å². The summed E-state index contributed by atoms with van der Waals surface area (Å²) in [5, 5.41) is 0. The summed E-state index contributed by atoms with van der Waals surface area (Å²) < 4.78 is 202. The minimum absolute atomic E-state index is 0.0627. The van der Waals surface area contributed by atoms with Gasteiger partial charge in [-0.15, -0.1) is 0 Å². The Morgan fingerprint density at radius 1 is 0.315 bits per heavy atom. The average molecular weight is 769 g/mol. The van der Waals surface area contributed by atoms with Gasteiger partial charge in [0.2, 0.25) is 11.6 Å². The number of halogens is 14. The van der Waals surface area contributed by atoms with E-state index in [1.165, 1.54) is 38.1 Å². The van der Waals surface area contributed by atoms with Gasteiger partial charge in [-0.05, 0) is 84.6 Å². The molecule has 2 nitrogen and oxygen atoms in total. The second kappa shape index (κ2) is 14.1. The van der Waals surface area contributed by atoms with Crippen LogP contribution in [0.1, 0.15) is 11.1 Å². The van der Waals surface area contributed by atoms with Crippen molar-refractivity contribution in [1.29, 1.82) is 0 Å². The fourth-order valence-corrected chi connectivity index (χ4v) is 5.78. The van der Waals surface area contributed by atoms with Gasteiger partial charge in [-0.3, -0.25) is 0 Å². The van der Waals surface area contributed by atoms with Gasteiger partial charge in [-0.1, -0.05) is 12.1 Å². The van der Waals surface area contributed by atoms with Crippen LogP contribution < -0.4 is 9.80 Å².